The van der Waals surface area contributed by atoms with Crippen molar-refractivity contribution >= 4 is 15.9 Å². The minimum absolute atomic E-state index is 0.0274. The summed E-state index contributed by atoms with van der Waals surface area (Å²) in [4.78, 5) is 0. The fourth-order valence-corrected chi connectivity index (χ4v) is 2.46. The molecule has 2 unspecified atom stereocenters. The average Bonchev–Trinajstić information content (AvgIpc) is 2.46. The molecule has 21 heavy (non-hydrogen) atoms. The molecule has 0 aliphatic rings. The summed E-state index contributed by atoms with van der Waals surface area (Å²) >= 11 is 3.57. The standard InChI is InChI=1S/C16H26BrNO3/c1-5-13(18)7-12-8-14(17)16(15(9-12)20-6-2)21-10-11(3)19-4/h8-9,11,13H,5-7,10,18H2,1-4H3. The molecule has 2 atom stereocenters. The molecular weight excluding hydrogens is 334 g/mol. The van der Waals surface area contributed by atoms with Gasteiger partial charge in [0.2, 0.25) is 0 Å². The molecule has 0 amide bonds. The van der Waals surface area contributed by atoms with Crippen LogP contribution >= 0.6 is 15.9 Å². The molecule has 0 heterocycles. The highest BCUT2D eigenvalue weighted by Crippen LogP contribution is 2.37. The molecule has 0 radical (unpaired) electrons. The second kappa shape index (κ2) is 9.28. The summed E-state index contributed by atoms with van der Waals surface area (Å²) < 4.78 is 17.6. The van der Waals surface area contributed by atoms with E-state index in [1.54, 1.807) is 7.11 Å². The zero-order chi connectivity index (χ0) is 15.8. The highest BCUT2D eigenvalue weighted by atomic mass is 79.9. The van der Waals surface area contributed by atoms with Crippen molar-refractivity contribution in [2.75, 3.05) is 20.3 Å². The summed E-state index contributed by atoms with van der Waals surface area (Å²) in [5.74, 6) is 1.46. The third-order valence-electron chi connectivity index (χ3n) is 3.26. The van der Waals surface area contributed by atoms with E-state index < -0.39 is 0 Å². The molecule has 2 N–H and O–H groups in total. The quantitative estimate of drug-likeness (QED) is 0.732. The molecule has 0 aromatic heterocycles. The van der Waals surface area contributed by atoms with Crippen LogP contribution in [0.1, 0.15) is 32.8 Å². The van der Waals surface area contributed by atoms with E-state index in [-0.39, 0.29) is 12.1 Å². The molecule has 0 spiro atoms. The monoisotopic (exact) mass is 359 g/mol. The Labute approximate surface area is 136 Å². The Kier molecular flexibility index (Phi) is 8.07. The van der Waals surface area contributed by atoms with E-state index in [0.717, 1.165) is 34.4 Å². The zero-order valence-corrected chi connectivity index (χ0v) is 14.9. The van der Waals surface area contributed by atoms with Crippen LogP contribution in [0.25, 0.3) is 0 Å². The van der Waals surface area contributed by atoms with Gasteiger partial charge in [-0.3, -0.25) is 0 Å². The molecule has 1 aromatic carbocycles. The lowest BCUT2D eigenvalue weighted by molar-refractivity contribution is 0.0700. The SMILES string of the molecule is CCOc1cc(CC(N)CC)cc(Br)c1OCC(C)OC. The van der Waals surface area contributed by atoms with Crippen molar-refractivity contribution in [3.63, 3.8) is 0 Å². The molecule has 1 rings (SSSR count). The summed E-state index contributed by atoms with van der Waals surface area (Å²) in [5.41, 5.74) is 7.17. The Bertz CT molecular complexity index is 440. The fraction of sp³-hybridized carbons (Fsp3) is 0.625. The lowest BCUT2D eigenvalue weighted by atomic mass is 10.0. The Morgan fingerprint density at radius 2 is 1.95 bits per heavy atom. The Morgan fingerprint density at radius 1 is 1.24 bits per heavy atom. The first kappa shape index (κ1) is 18.3. The number of benzene rings is 1. The molecular formula is C16H26BrNO3. The molecule has 0 aliphatic heterocycles. The Balaban J connectivity index is 2.95. The number of halogens is 1. The average molecular weight is 360 g/mol. The van der Waals surface area contributed by atoms with Gasteiger partial charge in [-0.2, -0.15) is 0 Å². The van der Waals surface area contributed by atoms with E-state index in [1.165, 1.54) is 0 Å². The van der Waals surface area contributed by atoms with Crippen LogP contribution in [0.15, 0.2) is 16.6 Å². The second-order valence-corrected chi connectivity index (χ2v) is 5.92. The molecule has 5 heteroatoms. The molecule has 0 bridgehead atoms. The predicted octanol–water partition coefficient (Wildman–Crippen LogP) is 3.54. The molecule has 0 saturated carbocycles. The third-order valence-corrected chi connectivity index (χ3v) is 3.85. The van der Waals surface area contributed by atoms with Crippen molar-refractivity contribution in [3.8, 4) is 11.5 Å². The highest BCUT2D eigenvalue weighted by Gasteiger charge is 2.14. The fourth-order valence-electron chi connectivity index (χ4n) is 1.86. The summed E-state index contributed by atoms with van der Waals surface area (Å²) in [6.45, 7) is 7.07. The number of methoxy groups -OCH3 is 1. The lowest BCUT2D eigenvalue weighted by Crippen LogP contribution is -2.21. The smallest absolute Gasteiger partial charge is 0.175 e. The minimum atomic E-state index is 0.0274. The largest absolute Gasteiger partial charge is 0.490 e. The van der Waals surface area contributed by atoms with Crippen molar-refractivity contribution in [2.45, 2.75) is 45.8 Å². The van der Waals surface area contributed by atoms with E-state index in [9.17, 15) is 0 Å². The van der Waals surface area contributed by atoms with Gasteiger partial charge in [0.1, 0.15) is 6.61 Å². The van der Waals surface area contributed by atoms with Gasteiger partial charge < -0.3 is 19.9 Å². The van der Waals surface area contributed by atoms with Gasteiger partial charge in [-0.1, -0.05) is 6.92 Å². The topological polar surface area (TPSA) is 53.7 Å². The van der Waals surface area contributed by atoms with E-state index in [0.29, 0.717) is 13.2 Å². The first-order chi connectivity index (χ1) is 10.0. The van der Waals surface area contributed by atoms with Gasteiger partial charge in [-0.05, 0) is 60.3 Å². The van der Waals surface area contributed by atoms with Crippen molar-refractivity contribution in [1.29, 1.82) is 0 Å². The third kappa shape index (κ3) is 5.85. The van der Waals surface area contributed by atoms with Gasteiger partial charge in [0.05, 0.1) is 17.2 Å². The van der Waals surface area contributed by atoms with Gasteiger partial charge >= 0.3 is 0 Å². The highest BCUT2D eigenvalue weighted by molar-refractivity contribution is 9.10. The molecule has 120 valence electrons. The maximum atomic E-state index is 6.03. The first-order valence-electron chi connectivity index (χ1n) is 7.38. The van der Waals surface area contributed by atoms with E-state index in [1.807, 2.05) is 26.0 Å². The number of hydrogen-bond donors (Lipinski definition) is 1. The van der Waals surface area contributed by atoms with Crippen molar-refractivity contribution in [2.24, 2.45) is 5.73 Å². The maximum absolute atomic E-state index is 6.03. The Morgan fingerprint density at radius 3 is 2.52 bits per heavy atom. The van der Waals surface area contributed by atoms with Crippen LogP contribution in [0, 0.1) is 0 Å². The first-order valence-corrected chi connectivity index (χ1v) is 8.17. The normalized spacial score (nSPS) is 13.8. The zero-order valence-electron chi connectivity index (χ0n) is 13.3. The molecule has 4 nitrogen and oxygen atoms in total. The molecule has 0 fully saturated rings. The van der Waals surface area contributed by atoms with Crippen molar-refractivity contribution < 1.29 is 14.2 Å². The van der Waals surface area contributed by atoms with Gasteiger partial charge in [0, 0.05) is 13.2 Å². The van der Waals surface area contributed by atoms with E-state index in [4.69, 9.17) is 19.9 Å². The van der Waals surface area contributed by atoms with E-state index in [2.05, 4.69) is 22.9 Å². The summed E-state index contributed by atoms with van der Waals surface area (Å²) in [6.07, 6.45) is 1.80. The van der Waals surface area contributed by atoms with Crippen LogP contribution < -0.4 is 15.2 Å². The lowest BCUT2D eigenvalue weighted by Gasteiger charge is -2.18. The number of hydrogen-bond acceptors (Lipinski definition) is 4. The Hall–Kier alpha value is -0.780. The van der Waals surface area contributed by atoms with Crippen molar-refractivity contribution in [1.82, 2.24) is 0 Å². The van der Waals surface area contributed by atoms with Crippen LogP contribution in [0.2, 0.25) is 0 Å². The summed E-state index contributed by atoms with van der Waals surface area (Å²) in [7, 11) is 1.67. The van der Waals surface area contributed by atoms with Crippen LogP contribution in [0.4, 0.5) is 0 Å². The minimum Gasteiger partial charge on any atom is -0.490 e. The van der Waals surface area contributed by atoms with Crippen LogP contribution in [-0.4, -0.2) is 32.5 Å². The second-order valence-electron chi connectivity index (χ2n) is 5.07. The van der Waals surface area contributed by atoms with Crippen LogP contribution in [0.5, 0.6) is 11.5 Å². The summed E-state index contributed by atoms with van der Waals surface area (Å²) in [6, 6.07) is 4.22. The van der Waals surface area contributed by atoms with Gasteiger partial charge in [0.15, 0.2) is 11.5 Å². The molecule has 1 aromatic rings. The van der Waals surface area contributed by atoms with Gasteiger partial charge in [-0.15, -0.1) is 0 Å². The summed E-state index contributed by atoms with van der Waals surface area (Å²) in [5, 5.41) is 0. The molecule has 0 aliphatic carbocycles. The number of ether oxygens (including phenoxy) is 3. The predicted molar refractivity (Wildman–Crippen MR) is 89.2 cm³/mol. The number of rotatable bonds is 9. The van der Waals surface area contributed by atoms with Gasteiger partial charge in [0.25, 0.3) is 0 Å². The van der Waals surface area contributed by atoms with Gasteiger partial charge in [-0.25, -0.2) is 0 Å². The maximum Gasteiger partial charge on any atom is 0.175 e. The van der Waals surface area contributed by atoms with Crippen molar-refractivity contribution in [3.05, 3.63) is 22.2 Å². The van der Waals surface area contributed by atoms with Crippen LogP contribution in [-0.2, 0) is 11.2 Å². The number of nitrogens with two attached hydrogens (primary N) is 1. The van der Waals surface area contributed by atoms with E-state index >= 15 is 0 Å². The van der Waals surface area contributed by atoms with Crippen LogP contribution in [0.3, 0.4) is 0 Å². The molecule has 0 saturated heterocycles.